The van der Waals surface area contributed by atoms with Gasteiger partial charge in [-0.05, 0) is 25.8 Å². The van der Waals surface area contributed by atoms with Crippen molar-refractivity contribution in [1.82, 2.24) is 10.2 Å². The van der Waals surface area contributed by atoms with E-state index in [2.05, 4.69) is 5.32 Å². The zero-order valence-electron chi connectivity index (χ0n) is 9.63. The molecule has 0 aromatic heterocycles. The topological polar surface area (TPSA) is 41.6 Å². The molecule has 1 saturated heterocycles. The number of amides is 1. The molecule has 1 heterocycles. The molecular formula is C11H22N2O2. The van der Waals surface area contributed by atoms with Gasteiger partial charge in [0, 0.05) is 39.8 Å². The Bertz CT molecular complexity index is 179. The fourth-order valence-corrected chi connectivity index (χ4v) is 1.79. The Hall–Kier alpha value is -0.610. The molecule has 0 unspecified atom stereocenters. The summed E-state index contributed by atoms with van der Waals surface area (Å²) in [6, 6.07) is 0. The summed E-state index contributed by atoms with van der Waals surface area (Å²) in [5.41, 5.74) is 0. The van der Waals surface area contributed by atoms with Crippen LogP contribution in [0.2, 0.25) is 0 Å². The number of ether oxygens (including phenoxy) is 1. The minimum Gasteiger partial charge on any atom is -0.385 e. The van der Waals surface area contributed by atoms with Crippen molar-refractivity contribution in [2.75, 3.05) is 39.9 Å². The average Bonchev–Trinajstić information content (AvgIpc) is 2.76. The molecule has 1 fully saturated rings. The molecule has 1 rings (SSSR count). The molecule has 0 aromatic carbocycles. The highest BCUT2D eigenvalue weighted by Crippen LogP contribution is 2.08. The van der Waals surface area contributed by atoms with E-state index in [4.69, 9.17) is 4.74 Å². The van der Waals surface area contributed by atoms with Crippen LogP contribution in [0.3, 0.4) is 0 Å². The quantitative estimate of drug-likeness (QED) is 0.632. The van der Waals surface area contributed by atoms with Crippen LogP contribution in [0.4, 0.5) is 0 Å². The van der Waals surface area contributed by atoms with E-state index >= 15 is 0 Å². The third-order valence-corrected chi connectivity index (χ3v) is 2.68. The maximum Gasteiger partial charge on any atom is 0.223 e. The van der Waals surface area contributed by atoms with Gasteiger partial charge in [0.15, 0.2) is 0 Å². The van der Waals surface area contributed by atoms with Gasteiger partial charge in [0.2, 0.25) is 5.91 Å². The van der Waals surface area contributed by atoms with Gasteiger partial charge < -0.3 is 15.0 Å². The van der Waals surface area contributed by atoms with Gasteiger partial charge in [0.1, 0.15) is 0 Å². The lowest BCUT2D eigenvalue weighted by atomic mass is 10.3. The van der Waals surface area contributed by atoms with Gasteiger partial charge in [-0.2, -0.15) is 0 Å². The van der Waals surface area contributed by atoms with Crippen LogP contribution < -0.4 is 5.32 Å². The van der Waals surface area contributed by atoms with Crippen LogP contribution in [0.1, 0.15) is 25.7 Å². The zero-order chi connectivity index (χ0) is 10.9. The average molecular weight is 214 g/mol. The van der Waals surface area contributed by atoms with Gasteiger partial charge in [0.05, 0.1) is 0 Å². The van der Waals surface area contributed by atoms with Crippen molar-refractivity contribution in [3.05, 3.63) is 0 Å². The molecule has 0 atom stereocenters. The summed E-state index contributed by atoms with van der Waals surface area (Å²) in [5.74, 6) is 0.298. The second-order valence-corrected chi connectivity index (χ2v) is 3.93. The lowest BCUT2D eigenvalue weighted by Gasteiger charge is -2.15. The molecule has 0 radical (unpaired) electrons. The molecule has 15 heavy (non-hydrogen) atoms. The first kappa shape index (κ1) is 12.5. The van der Waals surface area contributed by atoms with E-state index in [1.807, 2.05) is 4.90 Å². The minimum absolute atomic E-state index is 0.298. The Morgan fingerprint density at radius 1 is 1.33 bits per heavy atom. The van der Waals surface area contributed by atoms with Crippen molar-refractivity contribution in [2.24, 2.45) is 0 Å². The van der Waals surface area contributed by atoms with Gasteiger partial charge in [-0.1, -0.05) is 0 Å². The first-order valence-corrected chi connectivity index (χ1v) is 5.82. The smallest absolute Gasteiger partial charge is 0.223 e. The molecular weight excluding hydrogens is 192 g/mol. The molecule has 4 heteroatoms. The van der Waals surface area contributed by atoms with Gasteiger partial charge in [-0.25, -0.2) is 0 Å². The van der Waals surface area contributed by atoms with E-state index in [1.54, 1.807) is 7.11 Å². The first-order chi connectivity index (χ1) is 7.34. The molecule has 0 aliphatic carbocycles. The molecule has 1 aliphatic rings. The zero-order valence-corrected chi connectivity index (χ0v) is 9.63. The van der Waals surface area contributed by atoms with E-state index in [0.717, 1.165) is 39.2 Å². The summed E-state index contributed by atoms with van der Waals surface area (Å²) in [6.45, 7) is 4.43. The summed E-state index contributed by atoms with van der Waals surface area (Å²) in [7, 11) is 1.71. The Morgan fingerprint density at radius 2 is 2.07 bits per heavy atom. The van der Waals surface area contributed by atoms with Crippen LogP contribution in [0.25, 0.3) is 0 Å². The number of methoxy groups -OCH3 is 1. The van der Waals surface area contributed by atoms with Gasteiger partial charge in [-0.3, -0.25) is 4.79 Å². The predicted octanol–water partition coefficient (Wildman–Crippen LogP) is 0.625. The highest BCUT2D eigenvalue weighted by atomic mass is 16.5. The first-order valence-electron chi connectivity index (χ1n) is 5.82. The summed E-state index contributed by atoms with van der Waals surface area (Å²) in [5, 5.41) is 3.25. The van der Waals surface area contributed by atoms with Crippen molar-refractivity contribution in [3.63, 3.8) is 0 Å². The Labute approximate surface area is 92.0 Å². The standard InChI is InChI=1S/C11H22N2O2/c1-15-10-4-6-12-7-5-11(14)13-8-2-3-9-13/h12H,2-10H2,1H3. The van der Waals surface area contributed by atoms with Crippen LogP contribution >= 0.6 is 0 Å². The lowest BCUT2D eigenvalue weighted by molar-refractivity contribution is -0.130. The molecule has 4 nitrogen and oxygen atoms in total. The Kier molecular flexibility index (Phi) is 6.36. The van der Waals surface area contributed by atoms with Crippen molar-refractivity contribution < 1.29 is 9.53 Å². The number of likely N-dealkylation sites (tertiary alicyclic amines) is 1. The van der Waals surface area contributed by atoms with Crippen LogP contribution in [0, 0.1) is 0 Å². The molecule has 1 amide bonds. The lowest BCUT2D eigenvalue weighted by Crippen LogP contribution is -2.31. The summed E-state index contributed by atoms with van der Waals surface area (Å²) < 4.78 is 4.94. The Balaban J connectivity index is 1.92. The van der Waals surface area contributed by atoms with Crippen LogP contribution in [0.15, 0.2) is 0 Å². The summed E-state index contributed by atoms with van der Waals surface area (Å²) in [6.07, 6.45) is 3.99. The van der Waals surface area contributed by atoms with E-state index in [1.165, 1.54) is 12.8 Å². The fourth-order valence-electron chi connectivity index (χ4n) is 1.79. The number of carbonyl (C=O) groups excluding carboxylic acids is 1. The van der Waals surface area contributed by atoms with Crippen LogP contribution in [0.5, 0.6) is 0 Å². The number of carbonyl (C=O) groups is 1. The second kappa shape index (κ2) is 7.65. The van der Waals surface area contributed by atoms with Gasteiger partial charge in [-0.15, -0.1) is 0 Å². The van der Waals surface area contributed by atoms with E-state index in [9.17, 15) is 4.79 Å². The maximum absolute atomic E-state index is 11.6. The summed E-state index contributed by atoms with van der Waals surface area (Å²) in [4.78, 5) is 13.6. The van der Waals surface area contributed by atoms with Crippen molar-refractivity contribution >= 4 is 5.91 Å². The number of hydrogen-bond acceptors (Lipinski definition) is 3. The molecule has 0 aromatic rings. The number of nitrogens with zero attached hydrogens (tertiary/aromatic N) is 1. The molecule has 88 valence electrons. The monoisotopic (exact) mass is 214 g/mol. The van der Waals surface area contributed by atoms with Crippen molar-refractivity contribution in [1.29, 1.82) is 0 Å². The maximum atomic E-state index is 11.6. The normalized spacial score (nSPS) is 15.9. The van der Waals surface area contributed by atoms with Crippen molar-refractivity contribution in [3.8, 4) is 0 Å². The van der Waals surface area contributed by atoms with Gasteiger partial charge >= 0.3 is 0 Å². The number of rotatable bonds is 7. The fraction of sp³-hybridized carbons (Fsp3) is 0.909. The number of hydrogen-bond donors (Lipinski definition) is 1. The third-order valence-electron chi connectivity index (χ3n) is 2.68. The molecule has 1 aliphatic heterocycles. The highest BCUT2D eigenvalue weighted by Gasteiger charge is 2.16. The van der Waals surface area contributed by atoms with Crippen molar-refractivity contribution in [2.45, 2.75) is 25.7 Å². The van der Waals surface area contributed by atoms with E-state index < -0.39 is 0 Å². The molecule has 0 saturated carbocycles. The van der Waals surface area contributed by atoms with E-state index in [-0.39, 0.29) is 0 Å². The molecule has 0 spiro atoms. The Morgan fingerprint density at radius 3 is 2.73 bits per heavy atom. The van der Waals surface area contributed by atoms with Gasteiger partial charge in [0.25, 0.3) is 0 Å². The molecule has 0 bridgehead atoms. The van der Waals surface area contributed by atoms with Crippen LogP contribution in [-0.4, -0.2) is 50.7 Å². The minimum atomic E-state index is 0.298. The van der Waals surface area contributed by atoms with E-state index in [0.29, 0.717) is 12.3 Å². The SMILES string of the molecule is COCCCNCCC(=O)N1CCCC1. The third kappa shape index (κ3) is 5.14. The second-order valence-electron chi connectivity index (χ2n) is 3.93. The summed E-state index contributed by atoms with van der Waals surface area (Å²) >= 11 is 0. The number of nitrogens with one attached hydrogen (secondary N) is 1. The highest BCUT2D eigenvalue weighted by molar-refractivity contribution is 5.76. The molecule has 1 N–H and O–H groups in total. The predicted molar refractivity (Wildman–Crippen MR) is 59.8 cm³/mol. The van der Waals surface area contributed by atoms with Crippen LogP contribution in [-0.2, 0) is 9.53 Å². The largest absolute Gasteiger partial charge is 0.385 e.